The number of alkyl halides is 2. The van der Waals surface area contributed by atoms with E-state index in [0.717, 1.165) is 29.3 Å². The van der Waals surface area contributed by atoms with Gasteiger partial charge in [-0.15, -0.1) is 11.3 Å². The summed E-state index contributed by atoms with van der Waals surface area (Å²) in [5.41, 5.74) is 5.90. The summed E-state index contributed by atoms with van der Waals surface area (Å²) in [6, 6.07) is 0.434. The number of aliphatic imine (C=N–C) groups is 1. The molecule has 1 atom stereocenters. The van der Waals surface area contributed by atoms with Crippen LogP contribution in [-0.2, 0) is 15.5 Å². The second-order valence-electron chi connectivity index (χ2n) is 9.20. The Balaban J connectivity index is 1.64. The van der Waals surface area contributed by atoms with Crippen molar-refractivity contribution in [1.29, 1.82) is 0 Å². The van der Waals surface area contributed by atoms with Crippen LogP contribution in [0.25, 0.3) is 0 Å². The Morgan fingerprint density at radius 1 is 1.24 bits per heavy atom. The zero-order chi connectivity index (χ0) is 30.3. The number of nitrogens with zero attached hydrogens (tertiary/aromatic N) is 5. The molecule has 0 saturated carbocycles. The maximum absolute atomic E-state index is 13.8. The van der Waals surface area contributed by atoms with Gasteiger partial charge >= 0.3 is 0 Å². The van der Waals surface area contributed by atoms with E-state index in [1.165, 1.54) is 12.4 Å². The molecule has 4 N–H and O–H groups in total. The summed E-state index contributed by atoms with van der Waals surface area (Å²) in [7, 11) is 0. The van der Waals surface area contributed by atoms with Crippen LogP contribution in [-0.4, -0.2) is 75.9 Å². The molecule has 1 unspecified atom stereocenters. The van der Waals surface area contributed by atoms with Crippen molar-refractivity contribution in [2.24, 2.45) is 10.7 Å². The Morgan fingerprint density at radius 3 is 2.51 bits per heavy atom. The standard InChI is InChI=1S/C26H31ClF2N8O3S/c1-5-31-19(10-15(2)36-6-8-37(9-7-36)22(38)12-30)23(39)34-16(3)25-33-14-20(41-25)24(40)35-21-11-17(26(4,28)29)18(27)13-32-21/h5,10-11,13-14,16H,1,6-9,12,30H2,2-4H3,(H,34,39)(H,32,35,40)/b15-10+,31-19?. The summed E-state index contributed by atoms with van der Waals surface area (Å²) in [6.45, 7) is 10.0. The van der Waals surface area contributed by atoms with Gasteiger partial charge in [0.25, 0.3) is 17.7 Å². The van der Waals surface area contributed by atoms with E-state index in [0.29, 0.717) is 38.1 Å². The SMILES string of the molecule is C=CN=C(/C=C(\C)N1CCN(C(=O)CN)CC1)C(=O)NC(C)c1ncc(C(=O)Nc2cc(C(C)(F)F)c(Cl)cn2)s1. The number of aromatic nitrogens is 2. The van der Waals surface area contributed by atoms with E-state index < -0.39 is 29.3 Å². The molecule has 3 heterocycles. The molecule has 11 nitrogen and oxygen atoms in total. The molecule has 220 valence electrons. The summed E-state index contributed by atoms with van der Waals surface area (Å²) in [4.78, 5) is 53.7. The molecule has 2 aromatic rings. The smallest absolute Gasteiger partial charge is 0.272 e. The third-order valence-corrected chi connectivity index (χ3v) is 7.63. The minimum Gasteiger partial charge on any atom is -0.371 e. The number of allylic oxidation sites excluding steroid dienone is 1. The molecule has 2 aromatic heterocycles. The first-order valence-corrected chi connectivity index (χ1v) is 13.7. The lowest BCUT2D eigenvalue weighted by atomic mass is 10.1. The molecular formula is C26H31ClF2N8O3S. The number of rotatable bonds is 10. The number of carbonyl (C=O) groups excluding carboxylic acids is 3. The summed E-state index contributed by atoms with van der Waals surface area (Å²) >= 11 is 6.83. The van der Waals surface area contributed by atoms with E-state index in [1.54, 1.807) is 17.9 Å². The average Bonchev–Trinajstić information content (AvgIpc) is 3.43. The lowest BCUT2D eigenvalue weighted by molar-refractivity contribution is -0.131. The molecule has 1 aliphatic heterocycles. The number of halogens is 3. The van der Waals surface area contributed by atoms with Gasteiger partial charge in [0.2, 0.25) is 5.91 Å². The zero-order valence-electron chi connectivity index (χ0n) is 22.8. The van der Waals surface area contributed by atoms with Gasteiger partial charge in [-0.2, -0.15) is 0 Å². The van der Waals surface area contributed by atoms with Crippen molar-refractivity contribution in [2.45, 2.75) is 32.7 Å². The first-order valence-electron chi connectivity index (χ1n) is 12.6. The third-order valence-electron chi connectivity index (χ3n) is 6.15. The molecule has 3 rings (SSSR count). The number of thiazole rings is 1. The summed E-state index contributed by atoms with van der Waals surface area (Å²) in [5, 5.41) is 5.49. The molecule has 0 aromatic carbocycles. The van der Waals surface area contributed by atoms with Gasteiger partial charge in [-0.05, 0) is 26.0 Å². The minimum atomic E-state index is -3.22. The van der Waals surface area contributed by atoms with Crippen LogP contribution < -0.4 is 16.4 Å². The van der Waals surface area contributed by atoms with Gasteiger partial charge in [-0.3, -0.25) is 19.4 Å². The van der Waals surface area contributed by atoms with Crippen molar-refractivity contribution in [1.82, 2.24) is 25.1 Å². The van der Waals surface area contributed by atoms with Crippen molar-refractivity contribution in [3.8, 4) is 0 Å². The number of carbonyl (C=O) groups is 3. The van der Waals surface area contributed by atoms with Crippen molar-refractivity contribution < 1.29 is 23.2 Å². The second kappa shape index (κ2) is 13.7. The van der Waals surface area contributed by atoms with Crippen LogP contribution in [0, 0.1) is 0 Å². The summed E-state index contributed by atoms with van der Waals surface area (Å²) in [6.07, 6.45) is 5.26. The van der Waals surface area contributed by atoms with Gasteiger partial charge in [-0.1, -0.05) is 18.2 Å². The lowest BCUT2D eigenvalue weighted by Crippen LogP contribution is -2.49. The number of pyridine rings is 1. The van der Waals surface area contributed by atoms with Crippen LogP contribution in [0.1, 0.15) is 47.1 Å². The molecular weight excluding hydrogens is 578 g/mol. The highest BCUT2D eigenvalue weighted by atomic mass is 35.5. The number of amides is 3. The highest BCUT2D eigenvalue weighted by Crippen LogP contribution is 2.33. The normalized spacial score (nSPS) is 15.4. The average molecular weight is 609 g/mol. The van der Waals surface area contributed by atoms with Gasteiger partial charge in [0.15, 0.2) is 0 Å². The molecule has 1 aliphatic rings. The van der Waals surface area contributed by atoms with Crippen LogP contribution in [0.15, 0.2) is 48.0 Å². The molecule has 41 heavy (non-hydrogen) atoms. The monoisotopic (exact) mass is 608 g/mol. The van der Waals surface area contributed by atoms with Crippen molar-refractivity contribution in [3.63, 3.8) is 0 Å². The first-order chi connectivity index (χ1) is 19.3. The van der Waals surface area contributed by atoms with Crippen LogP contribution >= 0.6 is 22.9 Å². The van der Waals surface area contributed by atoms with Crippen LogP contribution in [0.5, 0.6) is 0 Å². The highest BCUT2D eigenvalue weighted by Gasteiger charge is 2.28. The molecule has 0 aliphatic carbocycles. The molecule has 15 heteroatoms. The maximum Gasteiger partial charge on any atom is 0.272 e. The van der Waals surface area contributed by atoms with E-state index in [-0.39, 0.29) is 33.9 Å². The second-order valence-corrected chi connectivity index (χ2v) is 10.7. The van der Waals surface area contributed by atoms with E-state index in [4.69, 9.17) is 17.3 Å². The Labute approximate surface area is 245 Å². The number of hydrogen-bond acceptors (Lipinski definition) is 9. The number of anilines is 1. The van der Waals surface area contributed by atoms with Crippen LogP contribution in [0.2, 0.25) is 5.02 Å². The van der Waals surface area contributed by atoms with Gasteiger partial charge in [0, 0.05) is 56.8 Å². The predicted octanol–water partition coefficient (Wildman–Crippen LogP) is 3.32. The van der Waals surface area contributed by atoms with Gasteiger partial charge in [0.05, 0.1) is 23.8 Å². The fourth-order valence-corrected chi connectivity index (χ4v) is 5.02. The van der Waals surface area contributed by atoms with Gasteiger partial charge in [-0.25, -0.2) is 18.7 Å². The molecule has 3 amide bonds. The molecule has 1 fully saturated rings. The lowest BCUT2D eigenvalue weighted by Gasteiger charge is -2.36. The van der Waals surface area contributed by atoms with E-state index >= 15 is 0 Å². The highest BCUT2D eigenvalue weighted by molar-refractivity contribution is 7.13. The van der Waals surface area contributed by atoms with Crippen molar-refractivity contribution >= 4 is 52.2 Å². The Morgan fingerprint density at radius 2 is 1.90 bits per heavy atom. The van der Waals surface area contributed by atoms with E-state index in [1.807, 2.05) is 11.8 Å². The summed E-state index contributed by atoms with van der Waals surface area (Å²) in [5.74, 6) is -4.49. The van der Waals surface area contributed by atoms with Crippen LogP contribution in [0.4, 0.5) is 14.6 Å². The van der Waals surface area contributed by atoms with Gasteiger partial charge in [0.1, 0.15) is 21.4 Å². The fraction of sp³-hybridized carbons (Fsp3) is 0.385. The van der Waals surface area contributed by atoms with E-state index in [2.05, 4.69) is 32.2 Å². The maximum atomic E-state index is 13.8. The fourth-order valence-electron chi connectivity index (χ4n) is 3.93. The number of hydrogen-bond donors (Lipinski definition) is 3. The molecule has 0 spiro atoms. The Hall–Kier alpha value is -3.75. The topological polar surface area (TPSA) is 146 Å². The quantitative estimate of drug-likeness (QED) is 0.351. The van der Waals surface area contributed by atoms with Crippen LogP contribution in [0.3, 0.4) is 0 Å². The van der Waals surface area contributed by atoms with E-state index in [9.17, 15) is 23.2 Å². The first kappa shape index (κ1) is 31.8. The van der Waals surface area contributed by atoms with Crippen molar-refractivity contribution in [2.75, 3.05) is 38.0 Å². The predicted molar refractivity (Wildman–Crippen MR) is 154 cm³/mol. The molecule has 0 bridgehead atoms. The molecule has 0 radical (unpaired) electrons. The van der Waals surface area contributed by atoms with Gasteiger partial charge < -0.3 is 26.2 Å². The van der Waals surface area contributed by atoms with Crippen molar-refractivity contribution in [3.05, 3.63) is 63.5 Å². The number of piperazine rings is 1. The largest absolute Gasteiger partial charge is 0.371 e. The number of nitrogens with one attached hydrogen (secondary N) is 2. The zero-order valence-corrected chi connectivity index (χ0v) is 24.4. The number of nitrogens with two attached hydrogens (primary N) is 1. The summed E-state index contributed by atoms with van der Waals surface area (Å²) < 4.78 is 27.5. The minimum absolute atomic E-state index is 0.0323. The molecule has 1 saturated heterocycles. The Bertz CT molecular complexity index is 1370. The third kappa shape index (κ3) is 8.38. The Kier molecular flexibility index (Phi) is 10.7.